The van der Waals surface area contributed by atoms with Crippen molar-refractivity contribution in [1.82, 2.24) is 5.32 Å². The van der Waals surface area contributed by atoms with Crippen LogP contribution in [0.2, 0.25) is 0 Å². The topological polar surface area (TPSA) is 79.9 Å². The number of amides is 3. The molecule has 0 unspecified atom stereocenters. The zero-order valence-electron chi connectivity index (χ0n) is 18.0. The van der Waals surface area contributed by atoms with Crippen molar-refractivity contribution in [3.8, 4) is 11.5 Å². The van der Waals surface area contributed by atoms with E-state index in [2.05, 4.69) is 10.6 Å². The largest absolute Gasteiger partial charge is 0.497 e. The van der Waals surface area contributed by atoms with E-state index in [0.717, 1.165) is 17.7 Å². The van der Waals surface area contributed by atoms with Crippen molar-refractivity contribution in [2.45, 2.75) is 12.5 Å². The van der Waals surface area contributed by atoms with E-state index in [-0.39, 0.29) is 5.91 Å². The molecule has 3 aromatic rings. The first-order valence-corrected chi connectivity index (χ1v) is 10.3. The van der Waals surface area contributed by atoms with Gasteiger partial charge < -0.3 is 25.0 Å². The second kappa shape index (κ2) is 9.43. The van der Waals surface area contributed by atoms with Gasteiger partial charge in [0.2, 0.25) is 0 Å². The summed E-state index contributed by atoms with van der Waals surface area (Å²) in [7, 11) is 3.07. The number of benzene rings is 3. The molecule has 3 amide bonds. The van der Waals surface area contributed by atoms with E-state index in [9.17, 15) is 9.59 Å². The predicted molar refractivity (Wildman–Crippen MR) is 123 cm³/mol. The smallest absolute Gasteiger partial charge is 0.320 e. The lowest BCUT2D eigenvalue weighted by atomic mass is 10.1. The Balaban J connectivity index is 1.59. The van der Waals surface area contributed by atoms with E-state index in [4.69, 9.17) is 9.47 Å². The van der Waals surface area contributed by atoms with Gasteiger partial charge in [-0.15, -0.1) is 0 Å². The lowest BCUT2D eigenvalue weighted by Gasteiger charge is -2.25. The average molecular weight is 431 g/mol. The van der Waals surface area contributed by atoms with Crippen LogP contribution in [0.4, 0.5) is 16.2 Å². The molecule has 0 saturated carbocycles. The average Bonchev–Trinajstić information content (AvgIpc) is 3.27. The number of carbonyl (C=O) groups is 2. The minimum Gasteiger partial charge on any atom is -0.497 e. The number of fused-ring (bicyclic) bond motifs is 1. The van der Waals surface area contributed by atoms with Crippen LogP contribution in [0.3, 0.4) is 0 Å². The van der Waals surface area contributed by atoms with Crippen molar-refractivity contribution in [1.29, 1.82) is 0 Å². The zero-order valence-corrected chi connectivity index (χ0v) is 18.0. The van der Waals surface area contributed by atoms with E-state index >= 15 is 0 Å². The number of ether oxygens (including phenoxy) is 2. The molecule has 1 aliphatic heterocycles. The Morgan fingerprint density at radius 3 is 2.44 bits per heavy atom. The highest BCUT2D eigenvalue weighted by atomic mass is 16.5. The first-order valence-electron chi connectivity index (χ1n) is 10.3. The second-order valence-electron chi connectivity index (χ2n) is 7.38. The summed E-state index contributed by atoms with van der Waals surface area (Å²) in [4.78, 5) is 28.2. The van der Waals surface area contributed by atoms with Gasteiger partial charge in [-0.25, -0.2) is 4.79 Å². The maximum Gasteiger partial charge on any atom is 0.320 e. The number of nitrogens with zero attached hydrogens (tertiary/aromatic N) is 1. The zero-order chi connectivity index (χ0) is 22.5. The van der Waals surface area contributed by atoms with Crippen LogP contribution in [0.1, 0.15) is 17.2 Å². The molecule has 0 aromatic heterocycles. The summed E-state index contributed by atoms with van der Waals surface area (Å²) < 4.78 is 10.6. The molecule has 0 radical (unpaired) electrons. The van der Waals surface area contributed by atoms with Gasteiger partial charge in [0.05, 0.1) is 19.9 Å². The fraction of sp³-hybridized carbons (Fsp3) is 0.200. The van der Waals surface area contributed by atoms with Crippen molar-refractivity contribution in [3.63, 3.8) is 0 Å². The summed E-state index contributed by atoms with van der Waals surface area (Å²) in [6, 6.07) is 20.8. The molecule has 164 valence electrons. The van der Waals surface area contributed by atoms with Crippen molar-refractivity contribution in [2.75, 3.05) is 31.0 Å². The van der Waals surface area contributed by atoms with Crippen LogP contribution in [-0.4, -0.2) is 32.7 Å². The first-order chi connectivity index (χ1) is 15.6. The number of carbonyl (C=O) groups excluding carboxylic acids is 2. The summed E-state index contributed by atoms with van der Waals surface area (Å²) in [5.74, 6) is 0.872. The van der Waals surface area contributed by atoms with Gasteiger partial charge in [0, 0.05) is 18.3 Å². The number of hydrogen-bond acceptors (Lipinski definition) is 4. The standard InChI is InChI=1S/C25H25N3O4/c1-31-19-12-13-22(32-2)20(16-19)26-25(30)27-23(18-9-4-3-5-10-18)24(29)28-15-14-17-8-6-7-11-21(17)28/h3-13,16,23H,14-15H2,1-2H3,(H2,26,27,30)/t23-/m1/s1. The summed E-state index contributed by atoms with van der Waals surface area (Å²) in [6.07, 6.45) is 0.788. The Morgan fingerprint density at radius 1 is 0.938 bits per heavy atom. The molecule has 7 nitrogen and oxygen atoms in total. The maximum atomic E-state index is 13.6. The van der Waals surface area contributed by atoms with Crippen LogP contribution in [-0.2, 0) is 11.2 Å². The summed E-state index contributed by atoms with van der Waals surface area (Å²) in [6.45, 7) is 0.578. The molecule has 0 bridgehead atoms. The van der Waals surface area contributed by atoms with Crippen LogP contribution in [0, 0.1) is 0 Å². The van der Waals surface area contributed by atoms with Gasteiger partial charge in [0.15, 0.2) is 0 Å². The fourth-order valence-electron chi connectivity index (χ4n) is 3.86. The van der Waals surface area contributed by atoms with E-state index < -0.39 is 12.1 Å². The van der Waals surface area contributed by atoms with Gasteiger partial charge in [-0.3, -0.25) is 4.79 Å². The van der Waals surface area contributed by atoms with Crippen LogP contribution in [0.25, 0.3) is 0 Å². The van der Waals surface area contributed by atoms with E-state index in [1.807, 2.05) is 54.6 Å². The van der Waals surface area contributed by atoms with E-state index in [1.54, 1.807) is 30.2 Å². The molecule has 0 spiro atoms. The third-order valence-electron chi connectivity index (χ3n) is 5.46. The Bertz CT molecular complexity index is 1120. The third kappa shape index (κ3) is 4.37. The summed E-state index contributed by atoms with van der Waals surface area (Å²) in [5, 5.41) is 5.62. The molecule has 1 heterocycles. The molecular formula is C25H25N3O4. The molecule has 3 aromatic carbocycles. The predicted octanol–water partition coefficient (Wildman–Crippen LogP) is 4.16. The van der Waals surface area contributed by atoms with Crippen molar-refractivity contribution in [2.24, 2.45) is 0 Å². The van der Waals surface area contributed by atoms with Gasteiger partial charge >= 0.3 is 6.03 Å². The fourth-order valence-corrected chi connectivity index (χ4v) is 3.86. The van der Waals surface area contributed by atoms with Crippen LogP contribution >= 0.6 is 0 Å². The maximum absolute atomic E-state index is 13.6. The normalized spacial score (nSPS) is 13.1. The summed E-state index contributed by atoms with van der Waals surface area (Å²) in [5.41, 5.74) is 3.15. The second-order valence-corrected chi connectivity index (χ2v) is 7.38. The van der Waals surface area contributed by atoms with Crippen LogP contribution in [0.15, 0.2) is 72.8 Å². The number of rotatable bonds is 6. The number of urea groups is 1. The molecule has 0 fully saturated rings. The van der Waals surface area contributed by atoms with Gasteiger partial charge in [-0.2, -0.15) is 0 Å². The monoisotopic (exact) mass is 431 g/mol. The van der Waals surface area contributed by atoms with Gasteiger partial charge in [0.25, 0.3) is 5.91 Å². The quantitative estimate of drug-likeness (QED) is 0.614. The molecule has 4 rings (SSSR count). The van der Waals surface area contributed by atoms with Gasteiger partial charge in [-0.05, 0) is 35.7 Å². The molecule has 2 N–H and O–H groups in total. The molecule has 0 aliphatic carbocycles. The minimum absolute atomic E-state index is 0.186. The van der Waals surface area contributed by atoms with E-state index in [1.165, 1.54) is 7.11 Å². The highest BCUT2D eigenvalue weighted by Crippen LogP contribution is 2.31. The molecule has 1 atom stereocenters. The number of anilines is 2. The SMILES string of the molecule is COc1ccc(OC)c(NC(=O)N[C@@H](C(=O)N2CCc3ccccc32)c2ccccc2)c1. The highest BCUT2D eigenvalue weighted by Gasteiger charge is 2.32. The highest BCUT2D eigenvalue weighted by molar-refractivity contribution is 6.02. The number of hydrogen-bond donors (Lipinski definition) is 2. The Hall–Kier alpha value is -4.00. The number of para-hydroxylation sites is 1. The Morgan fingerprint density at radius 2 is 1.69 bits per heavy atom. The summed E-state index contributed by atoms with van der Waals surface area (Å²) >= 11 is 0. The third-order valence-corrected chi connectivity index (χ3v) is 5.46. The number of methoxy groups -OCH3 is 2. The van der Waals surface area contributed by atoms with Crippen molar-refractivity contribution >= 4 is 23.3 Å². The van der Waals surface area contributed by atoms with Gasteiger partial charge in [-0.1, -0.05) is 48.5 Å². The lowest BCUT2D eigenvalue weighted by Crippen LogP contribution is -2.43. The number of nitrogens with one attached hydrogen (secondary N) is 2. The van der Waals surface area contributed by atoms with Crippen LogP contribution < -0.4 is 25.0 Å². The van der Waals surface area contributed by atoms with Crippen molar-refractivity contribution < 1.29 is 19.1 Å². The van der Waals surface area contributed by atoms with E-state index in [0.29, 0.717) is 29.3 Å². The molecule has 0 saturated heterocycles. The van der Waals surface area contributed by atoms with Crippen molar-refractivity contribution in [3.05, 3.63) is 83.9 Å². The van der Waals surface area contributed by atoms with Crippen LogP contribution in [0.5, 0.6) is 11.5 Å². The minimum atomic E-state index is -0.848. The molecule has 1 aliphatic rings. The Labute approximate surface area is 187 Å². The van der Waals surface area contributed by atoms with Gasteiger partial charge in [0.1, 0.15) is 17.5 Å². The lowest BCUT2D eigenvalue weighted by molar-refractivity contribution is -0.120. The molecule has 32 heavy (non-hydrogen) atoms. The Kier molecular flexibility index (Phi) is 6.26. The first kappa shape index (κ1) is 21.2. The molecule has 7 heteroatoms. The molecular weight excluding hydrogens is 406 g/mol.